The number of rotatable bonds is 3. The topological polar surface area (TPSA) is 84.7 Å². The van der Waals surface area contributed by atoms with Gasteiger partial charge in [0.15, 0.2) is 10.9 Å². The molecular formula is C17H21N3O4S. The van der Waals surface area contributed by atoms with Gasteiger partial charge in [0, 0.05) is 18.5 Å². The van der Waals surface area contributed by atoms with Gasteiger partial charge in [0.05, 0.1) is 12.2 Å². The zero-order chi connectivity index (χ0) is 18.0. The normalized spacial score (nSPS) is 17.6. The molecule has 3 heterocycles. The molecule has 2 aromatic heterocycles. The second-order valence-corrected chi connectivity index (χ2v) is 7.77. The molecule has 1 N–H and O–H groups in total. The van der Waals surface area contributed by atoms with Gasteiger partial charge in [0.1, 0.15) is 11.3 Å². The van der Waals surface area contributed by atoms with Gasteiger partial charge >= 0.3 is 6.09 Å². The Hall–Kier alpha value is -2.35. The minimum Gasteiger partial charge on any atom is -0.463 e. The summed E-state index contributed by atoms with van der Waals surface area (Å²) in [6.45, 7) is 6.35. The van der Waals surface area contributed by atoms with Crippen LogP contribution >= 0.6 is 11.3 Å². The second kappa shape index (κ2) is 6.87. The summed E-state index contributed by atoms with van der Waals surface area (Å²) in [4.78, 5) is 30.4. The van der Waals surface area contributed by atoms with Crippen LogP contribution in [0.5, 0.6) is 0 Å². The number of carbonyl (C=O) groups is 2. The fourth-order valence-corrected chi connectivity index (χ4v) is 3.25. The van der Waals surface area contributed by atoms with E-state index in [-0.39, 0.29) is 17.9 Å². The van der Waals surface area contributed by atoms with Crippen molar-refractivity contribution >= 4 is 28.5 Å². The monoisotopic (exact) mass is 363 g/mol. The van der Waals surface area contributed by atoms with Crippen molar-refractivity contribution < 1.29 is 18.7 Å². The predicted octanol–water partition coefficient (Wildman–Crippen LogP) is 3.60. The van der Waals surface area contributed by atoms with E-state index in [2.05, 4.69) is 10.3 Å². The van der Waals surface area contributed by atoms with Gasteiger partial charge in [-0.2, -0.15) is 0 Å². The number of hydrogen-bond acceptors (Lipinski definition) is 6. The maximum absolute atomic E-state index is 12.4. The molecule has 0 spiro atoms. The van der Waals surface area contributed by atoms with Gasteiger partial charge < -0.3 is 19.4 Å². The molecule has 25 heavy (non-hydrogen) atoms. The van der Waals surface area contributed by atoms with Crippen LogP contribution in [0.1, 0.15) is 27.2 Å². The van der Waals surface area contributed by atoms with Crippen molar-refractivity contribution in [2.75, 3.05) is 18.4 Å². The first-order valence-corrected chi connectivity index (χ1v) is 8.98. The van der Waals surface area contributed by atoms with E-state index >= 15 is 0 Å². The summed E-state index contributed by atoms with van der Waals surface area (Å²) in [5.74, 6) is 0.267. The third-order valence-corrected chi connectivity index (χ3v) is 4.48. The Bertz CT molecular complexity index is 748. The molecule has 0 radical (unpaired) electrons. The minimum atomic E-state index is -0.541. The molecule has 0 aromatic carbocycles. The van der Waals surface area contributed by atoms with Crippen LogP contribution < -0.4 is 5.32 Å². The van der Waals surface area contributed by atoms with Crippen LogP contribution in [0.2, 0.25) is 0 Å². The van der Waals surface area contributed by atoms with Gasteiger partial charge in [-0.25, -0.2) is 9.78 Å². The molecule has 0 bridgehead atoms. The Kier molecular flexibility index (Phi) is 4.80. The number of anilines is 1. The molecule has 1 saturated heterocycles. The Morgan fingerprint density at radius 1 is 1.44 bits per heavy atom. The molecule has 3 rings (SSSR count). The summed E-state index contributed by atoms with van der Waals surface area (Å²) < 4.78 is 10.6. The molecule has 2 aromatic rings. The molecule has 1 aliphatic rings. The van der Waals surface area contributed by atoms with Gasteiger partial charge in [0.2, 0.25) is 5.91 Å². The molecule has 0 saturated carbocycles. The summed E-state index contributed by atoms with van der Waals surface area (Å²) in [5, 5.41) is 5.17. The highest BCUT2D eigenvalue weighted by Crippen LogP contribution is 2.26. The van der Waals surface area contributed by atoms with Gasteiger partial charge in [0.25, 0.3) is 0 Å². The van der Waals surface area contributed by atoms with Gasteiger partial charge in [-0.3, -0.25) is 4.79 Å². The lowest BCUT2D eigenvalue weighted by Crippen LogP contribution is -2.36. The number of nitrogens with zero attached hydrogens (tertiary/aromatic N) is 2. The first-order chi connectivity index (χ1) is 11.8. The van der Waals surface area contributed by atoms with Crippen LogP contribution in [0.4, 0.5) is 9.93 Å². The van der Waals surface area contributed by atoms with Gasteiger partial charge in [-0.15, -0.1) is 11.3 Å². The largest absolute Gasteiger partial charge is 0.463 e. The van der Waals surface area contributed by atoms with Crippen molar-refractivity contribution in [1.29, 1.82) is 0 Å². The Morgan fingerprint density at radius 2 is 2.24 bits per heavy atom. The minimum absolute atomic E-state index is 0.133. The Balaban J connectivity index is 1.55. The zero-order valence-electron chi connectivity index (χ0n) is 14.4. The number of thiazole rings is 1. The maximum atomic E-state index is 12.4. The molecule has 1 aliphatic heterocycles. The average Bonchev–Trinajstić information content (AvgIpc) is 3.26. The maximum Gasteiger partial charge on any atom is 0.410 e. The number of ether oxygens (including phenoxy) is 1. The number of furan rings is 1. The average molecular weight is 363 g/mol. The number of nitrogens with one attached hydrogen (secondary N) is 1. The van der Waals surface area contributed by atoms with E-state index in [1.54, 1.807) is 17.2 Å². The Labute approximate surface area is 150 Å². The summed E-state index contributed by atoms with van der Waals surface area (Å²) in [5.41, 5.74) is 0.146. The predicted molar refractivity (Wildman–Crippen MR) is 94.4 cm³/mol. The van der Waals surface area contributed by atoms with E-state index in [0.29, 0.717) is 36.1 Å². The zero-order valence-corrected chi connectivity index (χ0v) is 15.3. The SMILES string of the molecule is CC(C)(C)OC(=O)N1CCC(C(=O)Nc2nc(-c3ccco3)cs2)C1. The van der Waals surface area contributed by atoms with Crippen molar-refractivity contribution in [3.8, 4) is 11.5 Å². The number of hydrogen-bond donors (Lipinski definition) is 1. The fourth-order valence-electron chi connectivity index (χ4n) is 2.54. The Morgan fingerprint density at radius 3 is 2.92 bits per heavy atom. The lowest BCUT2D eigenvalue weighted by Gasteiger charge is -2.24. The first kappa shape index (κ1) is 17.5. The van der Waals surface area contributed by atoms with Crippen molar-refractivity contribution in [2.45, 2.75) is 32.8 Å². The summed E-state index contributed by atoms with van der Waals surface area (Å²) in [6, 6.07) is 3.60. The van der Waals surface area contributed by atoms with Crippen molar-refractivity contribution in [2.24, 2.45) is 5.92 Å². The van der Waals surface area contributed by atoms with Crippen LogP contribution in [0.25, 0.3) is 11.5 Å². The lowest BCUT2D eigenvalue weighted by atomic mass is 10.1. The third-order valence-electron chi connectivity index (χ3n) is 3.72. The number of aromatic nitrogens is 1. The molecule has 1 unspecified atom stereocenters. The van der Waals surface area contributed by atoms with E-state index in [4.69, 9.17) is 9.15 Å². The van der Waals surface area contributed by atoms with Crippen molar-refractivity contribution in [3.05, 3.63) is 23.8 Å². The van der Waals surface area contributed by atoms with Gasteiger partial charge in [-0.1, -0.05) is 0 Å². The number of amides is 2. The van der Waals surface area contributed by atoms with Crippen LogP contribution in [-0.4, -0.2) is 40.6 Å². The highest BCUT2D eigenvalue weighted by atomic mass is 32.1. The fraction of sp³-hybridized carbons (Fsp3) is 0.471. The second-order valence-electron chi connectivity index (χ2n) is 6.92. The highest BCUT2D eigenvalue weighted by Gasteiger charge is 2.33. The third kappa shape index (κ3) is 4.39. The van der Waals surface area contributed by atoms with Crippen LogP contribution in [-0.2, 0) is 9.53 Å². The van der Waals surface area contributed by atoms with Crippen LogP contribution in [0.3, 0.4) is 0 Å². The van der Waals surface area contributed by atoms with Crippen LogP contribution in [0.15, 0.2) is 28.2 Å². The van der Waals surface area contributed by atoms with Crippen molar-refractivity contribution in [1.82, 2.24) is 9.88 Å². The summed E-state index contributed by atoms with van der Waals surface area (Å²) in [6.07, 6.45) is 1.82. The standard InChI is InChI=1S/C17H21N3O4S/c1-17(2,3)24-16(22)20-7-6-11(9-20)14(21)19-15-18-12(10-25-15)13-5-4-8-23-13/h4-5,8,10-11H,6-7,9H2,1-3H3,(H,18,19,21). The van der Waals surface area contributed by atoms with E-state index in [1.165, 1.54) is 11.3 Å². The molecule has 0 aliphatic carbocycles. The van der Waals surface area contributed by atoms with E-state index < -0.39 is 5.60 Å². The molecule has 134 valence electrons. The molecule has 1 atom stereocenters. The first-order valence-electron chi connectivity index (χ1n) is 8.10. The molecular weight excluding hydrogens is 342 g/mol. The molecule has 1 fully saturated rings. The number of likely N-dealkylation sites (tertiary alicyclic amines) is 1. The smallest absolute Gasteiger partial charge is 0.410 e. The quantitative estimate of drug-likeness (QED) is 0.901. The highest BCUT2D eigenvalue weighted by molar-refractivity contribution is 7.14. The van der Waals surface area contributed by atoms with Crippen LogP contribution in [0, 0.1) is 5.92 Å². The summed E-state index contributed by atoms with van der Waals surface area (Å²) >= 11 is 1.34. The number of carbonyl (C=O) groups excluding carboxylic acids is 2. The lowest BCUT2D eigenvalue weighted by molar-refractivity contribution is -0.119. The van der Waals surface area contributed by atoms with Crippen molar-refractivity contribution in [3.63, 3.8) is 0 Å². The molecule has 2 amide bonds. The summed E-state index contributed by atoms with van der Waals surface area (Å²) in [7, 11) is 0. The van der Waals surface area contributed by atoms with E-state index in [0.717, 1.165) is 0 Å². The molecule has 7 nitrogen and oxygen atoms in total. The van der Waals surface area contributed by atoms with Gasteiger partial charge in [-0.05, 0) is 39.3 Å². The van der Waals surface area contributed by atoms with E-state index in [9.17, 15) is 9.59 Å². The van der Waals surface area contributed by atoms with E-state index in [1.807, 2.05) is 32.2 Å². The molecule has 8 heteroatoms.